The first kappa shape index (κ1) is 53.1. The van der Waals surface area contributed by atoms with Gasteiger partial charge >= 0.3 is 0 Å². The molecule has 1 saturated carbocycles. The Kier molecular flexibility index (Phi) is 21.7. The van der Waals surface area contributed by atoms with Crippen LogP contribution >= 0.6 is 9.24 Å². The van der Waals surface area contributed by atoms with Gasteiger partial charge in [0.25, 0.3) is 0 Å². The number of aryl methyl sites for hydroxylation is 1. The van der Waals surface area contributed by atoms with E-state index in [0.717, 1.165) is 66.7 Å². The fourth-order valence-corrected chi connectivity index (χ4v) is 9.94. The summed E-state index contributed by atoms with van der Waals surface area (Å²) in [7, 11) is 7.36. The van der Waals surface area contributed by atoms with Crippen molar-refractivity contribution in [3.05, 3.63) is 163 Å². The third-order valence-corrected chi connectivity index (χ3v) is 14.1. The van der Waals surface area contributed by atoms with Crippen LogP contribution in [-0.4, -0.2) is 48.3 Å². The molecule has 2 saturated heterocycles. The molecule has 0 radical (unpaired) electrons. The van der Waals surface area contributed by atoms with Crippen LogP contribution in [-0.2, 0) is 6.42 Å². The normalized spacial score (nSPS) is 19.8. The average Bonchev–Trinajstić information content (AvgIpc) is 3.26. The van der Waals surface area contributed by atoms with E-state index in [0.29, 0.717) is 17.1 Å². The number of aromatic nitrogens is 1. The van der Waals surface area contributed by atoms with Gasteiger partial charge in [0.2, 0.25) is 0 Å². The fraction of sp³-hybridized carbons (Fsp3) is 0.450. The quantitative estimate of drug-likeness (QED) is 0.0530. The van der Waals surface area contributed by atoms with Crippen LogP contribution in [0.15, 0.2) is 135 Å². The summed E-state index contributed by atoms with van der Waals surface area (Å²) in [5.41, 5.74) is 14.3. The van der Waals surface area contributed by atoms with E-state index in [9.17, 15) is 0 Å². The highest BCUT2D eigenvalue weighted by Gasteiger charge is 2.31. The molecule has 3 atom stereocenters. The predicted molar refractivity (Wildman–Crippen MR) is 293 cm³/mol. The maximum Gasteiger partial charge on any atom is 0.0490 e. The molecule has 350 valence electrons. The Morgan fingerprint density at radius 2 is 1.65 bits per heavy atom. The summed E-state index contributed by atoms with van der Waals surface area (Å²) in [4.78, 5) is 9.54. The van der Waals surface area contributed by atoms with E-state index in [1.807, 2.05) is 32.1 Å². The van der Waals surface area contributed by atoms with E-state index in [1.165, 1.54) is 103 Å². The molecule has 5 heteroatoms. The average molecular weight is 893 g/mol. The molecule has 6 rings (SSSR count). The van der Waals surface area contributed by atoms with Gasteiger partial charge in [0.1, 0.15) is 0 Å². The van der Waals surface area contributed by atoms with Gasteiger partial charge in [-0.2, -0.15) is 0 Å². The lowest BCUT2D eigenvalue weighted by molar-refractivity contribution is 0.172. The van der Waals surface area contributed by atoms with E-state index in [4.69, 9.17) is 4.98 Å². The van der Waals surface area contributed by atoms with Crippen molar-refractivity contribution in [1.29, 1.82) is 0 Å². The molecule has 3 fully saturated rings. The molecule has 0 amide bonds. The van der Waals surface area contributed by atoms with Gasteiger partial charge < -0.3 is 15.1 Å². The van der Waals surface area contributed by atoms with Gasteiger partial charge in [-0.1, -0.05) is 139 Å². The van der Waals surface area contributed by atoms with Gasteiger partial charge in [0.15, 0.2) is 0 Å². The third kappa shape index (κ3) is 16.1. The first-order valence-electron chi connectivity index (χ1n) is 24.7. The maximum absolute atomic E-state index is 4.89. The number of anilines is 1. The standard InChI is InChI=1S/C49H63N2P.C9H16N2.C2H6/c1-8-17-36(5)47(11-4)48-24-21-43(28-37(48)6)44-19-22-45(50-33-44)31-40-29-38(30-40)25-27-49(7,52)26-16-14-12-13-15-18-39-34-51(35-39)46-23-20-41(9-2)42(10-3)32-46;1-7-5-6-9(11(3)4)8(2)10-7;1-2/h8-11,15,17-24,28,32-33,38-40H,2-4,12-14,16,25-27,29-31,34-35,52H2,1,5-7H3;9-10H,1-2,5-6H2,3-4H3;1-2H3/b17-8-,18-15-,47-36+;;. The fourth-order valence-electron chi connectivity index (χ4n) is 9.57. The van der Waals surface area contributed by atoms with Crippen LogP contribution in [0.1, 0.15) is 133 Å². The van der Waals surface area contributed by atoms with Crippen molar-refractivity contribution in [2.75, 3.05) is 32.1 Å². The highest BCUT2D eigenvalue weighted by molar-refractivity contribution is 7.18. The number of likely N-dealkylation sites (N-methyl/N-ethyl adjacent to an activating group) is 1. The Hall–Kier alpha value is -4.50. The van der Waals surface area contributed by atoms with E-state index in [2.05, 4.69) is 178 Å². The molecule has 3 heterocycles. The minimum Gasteiger partial charge on any atom is -0.370 e. The molecule has 3 aliphatic rings. The van der Waals surface area contributed by atoms with Crippen LogP contribution in [0, 0.1) is 24.7 Å². The molecular weight excluding hydrogens is 808 g/mol. The van der Waals surface area contributed by atoms with Crippen LogP contribution in [0.25, 0.3) is 28.9 Å². The molecule has 1 N–H and O–H groups in total. The first-order chi connectivity index (χ1) is 31.2. The summed E-state index contributed by atoms with van der Waals surface area (Å²) in [6.45, 7) is 34.8. The zero-order valence-electron chi connectivity index (χ0n) is 41.9. The van der Waals surface area contributed by atoms with Crippen molar-refractivity contribution in [1.82, 2.24) is 15.2 Å². The van der Waals surface area contributed by atoms with Crippen LogP contribution in [0.5, 0.6) is 0 Å². The summed E-state index contributed by atoms with van der Waals surface area (Å²) in [5, 5.41) is 3.55. The van der Waals surface area contributed by atoms with Crippen molar-refractivity contribution in [3.8, 4) is 11.1 Å². The second kappa shape index (κ2) is 26.6. The van der Waals surface area contributed by atoms with Gasteiger partial charge in [-0.05, 0) is 173 Å². The number of nitrogens with one attached hydrogen (secondary N) is 1. The number of pyridine rings is 1. The Bertz CT molecular complexity index is 2120. The van der Waals surface area contributed by atoms with Gasteiger partial charge in [-0.15, -0.1) is 9.24 Å². The molecule has 2 aromatic carbocycles. The minimum absolute atomic E-state index is 0.370. The number of rotatable bonds is 20. The van der Waals surface area contributed by atoms with E-state index in [1.54, 1.807) is 0 Å². The van der Waals surface area contributed by atoms with Crippen LogP contribution in [0.4, 0.5) is 5.69 Å². The molecule has 1 aromatic heterocycles. The maximum atomic E-state index is 4.89. The Labute approximate surface area is 399 Å². The molecule has 65 heavy (non-hydrogen) atoms. The summed E-state index contributed by atoms with van der Waals surface area (Å²) in [5.74, 6) is 2.35. The van der Waals surface area contributed by atoms with Crippen molar-refractivity contribution >= 4 is 32.7 Å². The SMILES string of the molecule is C=C/C(=C(C)\C=C/C)c1ccc(-c2ccc(CC3CC(CCC(C)(P)CCCCC/C=C\C4CN(c5ccc(C=C)c(C=C)c5)C4)C3)nc2)cc1C.C=C1CCC(N(C)C)C(=C)N1.CC. The van der Waals surface area contributed by atoms with Crippen molar-refractivity contribution < 1.29 is 0 Å². The molecule has 2 aliphatic heterocycles. The van der Waals surface area contributed by atoms with Crippen LogP contribution in [0.2, 0.25) is 0 Å². The summed E-state index contributed by atoms with van der Waals surface area (Å²) < 4.78 is 0. The highest BCUT2D eigenvalue weighted by Crippen LogP contribution is 2.42. The van der Waals surface area contributed by atoms with Gasteiger partial charge in [-0.3, -0.25) is 4.98 Å². The number of allylic oxidation sites excluding steroid dienone is 7. The molecule has 0 spiro atoms. The number of piperidine rings is 1. The molecule has 4 nitrogen and oxygen atoms in total. The third-order valence-electron chi connectivity index (χ3n) is 13.6. The largest absolute Gasteiger partial charge is 0.370 e. The number of nitrogens with zero attached hydrogens (tertiary/aromatic N) is 3. The van der Waals surface area contributed by atoms with E-state index >= 15 is 0 Å². The topological polar surface area (TPSA) is 31.4 Å². The van der Waals surface area contributed by atoms with Gasteiger partial charge in [0.05, 0.1) is 0 Å². The Morgan fingerprint density at radius 3 is 2.26 bits per heavy atom. The van der Waals surface area contributed by atoms with Crippen LogP contribution in [0.3, 0.4) is 0 Å². The van der Waals surface area contributed by atoms with E-state index < -0.39 is 0 Å². The predicted octanol–water partition coefficient (Wildman–Crippen LogP) is 15.9. The minimum atomic E-state index is 0.370. The Morgan fingerprint density at radius 1 is 0.923 bits per heavy atom. The molecule has 3 aromatic rings. The summed E-state index contributed by atoms with van der Waals surface area (Å²) >= 11 is 0. The highest BCUT2D eigenvalue weighted by atomic mass is 31.0. The molecule has 0 bridgehead atoms. The zero-order chi connectivity index (χ0) is 47.5. The van der Waals surface area contributed by atoms with Crippen molar-refractivity contribution in [2.24, 2.45) is 17.8 Å². The number of hydrogen-bond acceptors (Lipinski definition) is 4. The molecule has 3 unspecified atom stereocenters. The lowest BCUT2D eigenvalue weighted by atomic mass is 9.70. The van der Waals surface area contributed by atoms with Crippen LogP contribution < -0.4 is 10.2 Å². The summed E-state index contributed by atoms with van der Waals surface area (Å²) in [6, 6.07) is 18.3. The Balaban J connectivity index is 0.000000616. The van der Waals surface area contributed by atoms with Gasteiger partial charge in [-0.25, -0.2) is 0 Å². The van der Waals surface area contributed by atoms with E-state index in [-0.39, 0.29) is 0 Å². The number of unbranched alkanes of at least 4 members (excludes halogenated alkanes) is 3. The lowest BCUT2D eigenvalue weighted by Crippen LogP contribution is -2.45. The number of hydrogen-bond donors (Lipinski definition) is 1. The second-order valence-corrected chi connectivity index (χ2v) is 20.5. The lowest BCUT2D eigenvalue weighted by Gasteiger charge is -2.40. The van der Waals surface area contributed by atoms with Gasteiger partial charge in [0, 0.05) is 59.6 Å². The summed E-state index contributed by atoms with van der Waals surface area (Å²) in [6.07, 6.45) is 32.2. The van der Waals surface area contributed by atoms with Crippen molar-refractivity contribution in [2.45, 2.75) is 130 Å². The monoisotopic (exact) mass is 893 g/mol. The zero-order valence-corrected chi connectivity index (χ0v) is 43.1. The first-order valence-corrected chi connectivity index (χ1v) is 25.2. The van der Waals surface area contributed by atoms with Crippen molar-refractivity contribution in [3.63, 3.8) is 0 Å². The smallest absolute Gasteiger partial charge is 0.0490 e. The number of benzene rings is 2. The molecular formula is C60H85N4P. The second-order valence-electron chi connectivity index (χ2n) is 19.2. The molecule has 1 aliphatic carbocycles.